The van der Waals surface area contributed by atoms with Crippen LogP contribution in [0, 0.1) is 23.0 Å². The van der Waals surface area contributed by atoms with Crippen molar-refractivity contribution >= 4 is 34.5 Å². The molecule has 0 aliphatic heterocycles. The topological polar surface area (TPSA) is 119 Å². The van der Waals surface area contributed by atoms with Crippen molar-refractivity contribution in [2.45, 2.75) is 0 Å². The van der Waals surface area contributed by atoms with Gasteiger partial charge < -0.3 is 10.6 Å². The number of hydrogen-bond donors (Lipinski definition) is 3. The average Bonchev–Trinajstić information content (AvgIpc) is 3.21. The monoisotopic (exact) mass is 401 g/mol. The Morgan fingerprint density at radius 3 is 2.50 bits per heavy atom. The number of aromatic amines is 1. The van der Waals surface area contributed by atoms with E-state index in [4.69, 9.17) is 16.9 Å². The summed E-state index contributed by atoms with van der Waals surface area (Å²) >= 11 is 5.79. The summed E-state index contributed by atoms with van der Waals surface area (Å²) in [5, 5.41) is 27.4. The molecule has 0 aliphatic carbocycles. The fraction of sp³-hybridized carbons (Fsp3) is 0. The lowest BCUT2D eigenvalue weighted by Crippen LogP contribution is -2.13. The summed E-state index contributed by atoms with van der Waals surface area (Å²) in [4.78, 5) is 12.2. The van der Waals surface area contributed by atoms with Crippen LogP contribution in [0.5, 0.6) is 0 Å². The van der Waals surface area contributed by atoms with Gasteiger partial charge in [0, 0.05) is 17.6 Å². The van der Waals surface area contributed by atoms with Gasteiger partial charge in [-0.2, -0.15) is 10.5 Å². The smallest absolute Gasteiger partial charge is 0.257 e. The number of rotatable bonds is 5. The SMILES string of the molecule is N#CC(=CNc1ccc(NC(=O)c2cc(F)c(F)cc2Cl)cc1)c1nn[nH]n1. The molecule has 28 heavy (non-hydrogen) atoms. The molecule has 1 heterocycles. The van der Waals surface area contributed by atoms with Crippen LogP contribution in [0.3, 0.4) is 0 Å². The number of nitrogens with zero attached hydrogens (tertiary/aromatic N) is 4. The molecule has 0 saturated carbocycles. The number of hydrogen-bond acceptors (Lipinski definition) is 6. The standard InChI is InChI=1S/C17H10ClF2N7O/c18-13-6-15(20)14(19)5-12(13)17(28)23-11-3-1-10(2-4-11)22-8-9(7-21)16-24-26-27-25-16/h1-6,8,22H,(H,23,28)(H,24,25,26,27). The number of benzene rings is 2. The van der Waals surface area contributed by atoms with Crippen LogP contribution >= 0.6 is 11.6 Å². The molecule has 3 aromatic rings. The van der Waals surface area contributed by atoms with E-state index in [9.17, 15) is 13.6 Å². The van der Waals surface area contributed by atoms with Crippen LogP contribution in [0.25, 0.3) is 5.57 Å². The highest BCUT2D eigenvalue weighted by Crippen LogP contribution is 2.22. The molecule has 11 heteroatoms. The third-order valence-electron chi connectivity index (χ3n) is 3.49. The predicted molar refractivity (Wildman–Crippen MR) is 97.2 cm³/mol. The highest BCUT2D eigenvalue weighted by Gasteiger charge is 2.15. The molecular weight excluding hydrogens is 392 g/mol. The molecule has 0 radical (unpaired) electrons. The van der Waals surface area contributed by atoms with E-state index in [0.717, 1.165) is 12.1 Å². The lowest BCUT2D eigenvalue weighted by atomic mass is 10.2. The van der Waals surface area contributed by atoms with Crippen molar-refractivity contribution in [3.63, 3.8) is 0 Å². The first kappa shape index (κ1) is 18.9. The molecule has 3 N–H and O–H groups in total. The van der Waals surface area contributed by atoms with Gasteiger partial charge in [-0.15, -0.1) is 10.2 Å². The number of allylic oxidation sites excluding steroid dienone is 1. The summed E-state index contributed by atoms with van der Waals surface area (Å²) in [5.41, 5.74) is 0.989. The van der Waals surface area contributed by atoms with Gasteiger partial charge in [-0.05, 0) is 41.6 Å². The minimum Gasteiger partial charge on any atom is -0.360 e. The summed E-state index contributed by atoms with van der Waals surface area (Å²) in [5.74, 6) is -2.85. The van der Waals surface area contributed by atoms with Gasteiger partial charge in [0.2, 0.25) is 5.82 Å². The zero-order valence-corrected chi connectivity index (χ0v) is 14.6. The van der Waals surface area contributed by atoms with Gasteiger partial charge in [0.1, 0.15) is 11.6 Å². The number of aromatic nitrogens is 4. The molecule has 140 valence electrons. The summed E-state index contributed by atoms with van der Waals surface area (Å²) in [6.07, 6.45) is 1.40. The van der Waals surface area contributed by atoms with Crippen molar-refractivity contribution in [3.8, 4) is 6.07 Å². The first-order valence-electron chi connectivity index (χ1n) is 7.64. The average molecular weight is 402 g/mol. The Balaban J connectivity index is 1.69. The molecule has 8 nitrogen and oxygen atoms in total. The molecule has 1 aromatic heterocycles. The van der Waals surface area contributed by atoms with Crippen molar-refractivity contribution < 1.29 is 13.6 Å². The predicted octanol–water partition coefficient (Wildman–Crippen LogP) is 3.36. The maximum Gasteiger partial charge on any atom is 0.257 e. The Hall–Kier alpha value is -3.84. The number of H-pyrrole nitrogens is 1. The van der Waals surface area contributed by atoms with Gasteiger partial charge in [0.15, 0.2) is 11.6 Å². The van der Waals surface area contributed by atoms with E-state index in [2.05, 4.69) is 31.3 Å². The molecule has 0 aliphatic rings. The second kappa shape index (κ2) is 8.24. The van der Waals surface area contributed by atoms with Crippen LogP contribution in [0.2, 0.25) is 5.02 Å². The lowest BCUT2D eigenvalue weighted by molar-refractivity contribution is 0.102. The number of halogens is 3. The van der Waals surface area contributed by atoms with Crippen LogP contribution < -0.4 is 10.6 Å². The minimum absolute atomic E-state index is 0.141. The number of carbonyl (C=O) groups excluding carboxylic acids is 1. The molecule has 0 atom stereocenters. The Morgan fingerprint density at radius 2 is 1.86 bits per heavy atom. The first-order valence-corrected chi connectivity index (χ1v) is 8.02. The van der Waals surface area contributed by atoms with Crippen molar-refractivity contribution in [1.29, 1.82) is 5.26 Å². The zero-order valence-electron chi connectivity index (χ0n) is 13.9. The highest BCUT2D eigenvalue weighted by molar-refractivity contribution is 6.34. The Morgan fingerprint density at radius 1 is 1.18 bits per heavy atom. The van der Waals surface area contributed by atoms with E-state index in [-0.39, 0.29) is 22.0 Å². The fourth-order valence-electron chi connectivity index (χ4n) is 2.12. The Kier molecular flexibility index (Phi) is 5.57. The fourth-order valence-corrected chi connectivity index (χ4v) is 2.36. The molecular formula is C17H10ClF2N7O. The lowest BCUT2D eigenvalue weighted by Gasteiger charge is -2.08. The molecule has 0 fully saturated rings. The molecule has 0 bridgehead atoms. The quantitative estimate of drug-likeness (QED) is 0.445. The number of nitrogens with one attached hydrogen (secondary N) is 3. The largest absolute Gasteiger partial charge is 0.360 e. The summed E-state index contributed by atoms with van der Waals surface area (Å²) < 4.78 is 26.4. The molecule has 2 aromatic carbocycles. The number of nitriles is 1. The van der Waals surface area contributed by atoms with Gasteiger partial charge in [-0.1, -0.05) is 11.6 Å². The van der Waals surface area contributed by atoms with Gasteiger partial charge in [0.05, 0.1) is 10.6 Å². The van der Waals surface area contributed by atoms with Gasteiger partial charge in [-0.25, -0.2) is 8.78 Å². The van der Waals surface area contributed by atoms with Gasteiger partial charge in [-0.3, -0.25) is 4.79 Å². The maximum atomic E-state index is 13.3. The summed E-state index contributed by atoms with van der Waals surface area (Å²) in [7, 11) is 0. The molecule has 0 spiro atoms. The first-order chi connectivity index (χ1) is 13.5. The van der Waals surface area contributed by atoms with Crippen LogP contribution in [0.1, 0.15) is 16.2 Å². The summed E-state index contributed by atoms with van der Waals surface area (Å²) in [6.45, 7) is 0. The molecule has 1 amide bonds. The zero-order chi connectivity index (χ0) is 20.1. The maximum absolute atomic E-state index is 13.3. The third-order valence-corrected chi connectivity index (χ3v) is 3.80. The van der Waals surface area contributed by atoms with E-state index in [1.807, 2.05) is 6.07 Å². The number of anilines is 2. The van der Waals surface area contributed by atoms with Crippen LogP contribution in [-0.4, -0.2) is 26.5 Å². The molecule has 0 saturated heterocycles. The second-order valence-electron chi connectivity index (χ2n) is 5.33. The van der Waals surface area contributed by atoms with Crippen molar-refractivity contribution in [3.05, 3.63) is 70.6 Å². The van der Waals surface area contributed by atoms with E-state index < -0.39 is 17.5 Å². The minimum atomic E-state index is -1.17. The molecule has 0 unspecified atom stereocenters. The van der Waals surface area contributed by atoms with Gasteiger partial charge >= 0.3 is 0 Å². The Labute approximate surface area is 161 Å². The van der Waals surface area contributed by atoms with Crippen molar-refractivity contribution in [1.82, 2.24) is 20.6 Å². The van der Waals surface area contributed by atoms with Crippen molar-refractivity contribution in [2.24, 2.45) is 0 Å². The molecule has 3 rings (SSSR count). The van der Waals surface area contributed by atoms with E-state index in [1.54, 1.807) is 24.3 Å². The van der Waals surface area contributed by atoms with Crippen LogP contribution in [-0.2, 0) is 0 Å². The van der Waals surface area contributed by atoms with Crippen LogP contribution in [0.15, 0.2) is 42.6 Å². The van der Waals surface area contributed by atoms with Gasteiger partial charge in [0.25, 0.3) is 5.91 Å². The third kappa shape index (κ3) is 4.28. The normalized spacial score (nSPS) is 11.0. The van der Waals surface area contributed by atoms with Crippen LogP contribution in [0.4, 0.5) is 20.2 Å². The Bertz CT molecular complexity index is 1080. The van der Waals surface area contributed by atoms with E-state index >= 15 is 0 Å². The summed E-state index contributed by atoms with van der Waals surface area (Å²) in [6, 6.07) is 9.80. The van der Waals surface area contributed by atoms with E-state index in [0.29, 0.717) is 11.4 Å². The second-order valence-corrected chi connectivity index (χ2v) is 5.73. The highest BCUT2D eigenvalue weighted by atomic mass is 35.5. The van der Waals surface area contributed by atoms with E-state index in [1.165, 1.54) is 6.20 Å². The number of amides is 1. The van der Waals surface area contributed by atoms with Crippen molar-refractivity contribution in [2.75, 3.05) is 10.6 Å². The number of tetrazole rings is 1. The number of carbonyl (C=O) groups is 1.